The lowest BCUT2D eigenvalue weighted by atomic mass is 9.52. The quantitative estimate of drug-likeness (QED) is 0.802. The summed E-state index contributed by atoms with van der Waals surface area (Å²) < 4.78 is 25.5. The lowest BCUT2D eigenvalue weighted by Gasteiger charge is -2.59. The number of alkyl halides is 2. The smallest absolute Gasteiger partial charge is 0.0977 e. The third-order valence-electron chi connectivity index (χ3n) is 4.21. The third kappa shape index (κ3) is 1.77. The predicted molar refractivity (Wildman–Crippen MR) is 62.0 cm³/mol. The maximum atomic E-state index is 12.7. The van der Waals surface area contributed by atoms with Gasteiger partial charge in [0.2, 0.25) is 0 Å². The lowest BCUT2D eigenvalue weighted by Crippen LogP contribution is -2.71. The molecular weight excluding hydrogens is 232 g/mol. The number of nitrogens with two attached hydrogens (primary N) is 1. The van der Waals surface area contributed by atoms with Gasteiger partial charge in [0.25, 0.3) is 0 Å². The second kappa shape index (κ2) is 4.10. The standard InChI is InChI=1S/C11H19F2NOS/c12-7-9(8-13)5-11(15,6-9)10(14)1-3-16-4-2-10/h15H,1-8,14H2. The summed E-state index contributed by atoms with van der Waals surface area (Å²) in [4.78, 5) is 0. The van der Waals surface area contributed by atoms with Gasteiger partial charge in [-0.3, -0.25) is 8.78 Å². The molecule has 2 fully saturated rings. The minimum atomic E-state index is -1.05. The van der Waals surface area contributed by atoms with E-state index < -0.39 is 29.9 Å². The lowest BCUT2D eigenvalue weighted by molar-refractivity contribution is -0.186. The van der Waals surface area contributed by atoms with Gasteiger partial charge in [-0.15, -0.1) is 0 Å². The van der Waals surface area contributed by atoms with Crippen LogP contribution in [-0.4, -0.2) is 41.1 Å². The third-order valence-corrected chi connectivity index (χ3v) is 5.20. The summed E-state index contributed by atoms with van der Waals surface area (Å²) in [6.07, 6.45) is 1.83. The highest BCUT2D eigenvalue weighted by Crippen LogP contribution is 2.55. The molecule has 0 unspecified atom stereocenters. The van der Waals surface area contributed by atoms with Gasteiger partial charge in [-0.25, -0.2) is 0 Å². The first-order valence-electron chi connectivity index (χ1n) is 5.70. The van der Waals surface area contributed by atoms with Crippen molar-refractivity contribution in [3.05, 3.63) is 0 Å². The molecule has 1 saturated carbocycles. The summed E-state index contributed by atoms with van der Waals surface area (Å²) >= 11 is 1.82. The zero-order valence-corrected chi connectivity index (χ0v) is 10.2. The Morgan fingerprint density at radius 2 is 1.62 bits per heavy atom. The zero-order valence-electron chi connectivity index (χ0n) is 9.35. The fraction of sp³-hybridized carbons (Fsp3) is 1.00. The van der Waals surface area contributed by atoms with Gasteiger partial charge in [0.15, 0.2) is 0 Å². The predicted octanol–water partition coefficient (Wildman–Crippen LogP) is 1.66. The van der Waals surface area contributed by atoms with E-state index in [9.17, 15) is 13.9 Å². The Hall–Kier alpha value is 0.130. The van der Waals surface area contributed by atoms with Gasteiger partial charge in [-0.2, -0.15) is 11.8 Å². The average Bonchev–Trinajstić information content (AvgIpc) is 2.25. The summed E-state index contributed by atoms with van der Waals surface area (Å²) in [5.74, 6) is 1.86. The van der Waals surface area contributed by atoms with Crippen molar-refractivity contribution in [3.8, 4) is 0 Å². The monoisotopic (exact) mass is 251 g/mol. The van der Waals surface area contributed by atoms with Gasteiger partial charge in [0.05, 0.1) is 19.0 Å². The van der Waals surface area contributed by atoms with E-state index in [0.717, 1.165) is 24.3 Å². The van der Waals surface area contributed by atoms with E-state index in [0.29, 0.717) is 0 Å². The van der Waals surface area contributed by atoms with E-state index in [4.69, 9.17) is 5.73 Å². The van der Waals surface area contributed by atoms with Crippen LogP contribution in [0.1, 0.15) is 25.7 Å². The second-order valence-corrected chi connectivity index (χ2v) is 6.65. The van der Waals surface area contributed by atoms with Crippen LogP contribution in [-0.2, 0) is 0 Å². The molecule has 3 N–H and O–H groups in total. The van der Waals surface area contributed by atoms with Crippen LogP contribution in [0.3, 0.4) is 0 Å². The molecule has 0 atom stereocenters. The molecule has 94 valence electrons. The molecule has 0 radical (unpaired) electrons. The minimum Gasteiger partial charge on any atom is -0.388 e. The molecule has 2 aliphatic rings. The van der Waals surface area contributed by atoms with Crippen molar-refractivity contribution in [1.29, 1.82) is 0 Å². The number of thioether (sulfide) groups is 1. The Morgan fingerprint density at radius 3 is 2.06 bits per heavy atom. The highest BCUT2D eigenvalue weighted by Gasteiger charge is 2.62. The maximum absolute atomic E-state index is 12.7. The van der Waals surface area contributed by atoms with Crippen LogP contribution in [0.5, 0.6) is 0 Å². The number of rotatable bonds is 3. The molecule has 1 aliphatic heterocycles. The molecule has 2 nitrogen and oxygen atoms in total. The number of hydrogen-bond acceptors (Lipinski definition) is 3. The molecular formula is C11H19F2NOS. The van der Waals surface area contributed by atoms with Crippen molar-refractivity contribution in [2.24, 2.45) is 11.1 Å². The Labute approximate surface area is 99.0 Å². The molecule has 1 heterocycles. The molecule has 5 heteroatoms. The largest absolute Gasteiger partial charge is 0.388 e. The average molecular weight is 251 g/mol. The van der Waals surface area contributed by atoms with Crippen LogP contribution in [0.4, 0.5) is 8.78 Å². The zero-order chi connectivity index (χ0) is 11.9. The summed E-state index contributed by atoms with van der Waals surface area (Å²) in [6.45, 7) is -1.40. The van der Waals surface area contributed by atoms with Gasteiger partial charge >= 0.3 is 0 Å². The van der Waals surface area contributed by atoms with Crippen LogP contribution in [0.2, 0.25) is 0 Å². The number of aliphatic hydroxyl groups is 1. The van der Waals surface area contributed by atoms with Crippen molar-refractivity contribution in [2.45, 2.75) is 36.8 Å². The van der Waals surface area contributed by atoms with Gasteiger partial charge < -0.3 is 10.8 Å². The van der Waals surface area contributed by atoms with E-state index in [-0.39, 0.29) is 12.8 Å². The SMILES string of the molecule is NC1(C2(O)CC(CF)(CF)C2)CCSCC1. The molecule has 0 bridgehead atoms. The Bertz CT molecular complexity index is 257. The molecule has 0 aromatic heterocycles. The molecule has 0 spiro atoms. The molecule has 1 saturated heterocycles. The summed E-state index contributed by atoms with van der Waals surface area (Å²) in [6, 6.07) is 0. The fourth-order valence-corrected chi connectivity index (χ4v) is 4.19. The van der Waals surface area contributed by atoms with Gasteiger partial charge in [0.1, 0.15) is 0 Å². The molecule has 16 heavy (non-hydrogen) atoms. The van der Waals surface area contributed by atoms with Gasteiger partial charge in [0, 0.05) is 11.0 Å². The normalized spacial score (nSPS) is 30.8. The van der Waals surface area contributed by atoms with Crippen molar-refractivity contribution < 1.29 is 13.9 Å². The Morgan fingerprint density at radius 1 is 1.12 bits per heavy atom. The first-order valence-corrected chi connectivity index (χ1v) is 6.86. The number of hydrogen-bond donors (Lipinski definition) is 2. The highest BCUT2D eigenvalue weighted by molar-refractivity contribution is 7.99. The molecule has 1 aliphatic carbocycles. The van der Waals surface area contributed by atoms with Gasteiger partial charge in [-0.05, 0) is 37.2 Å². The molecule has 2 rings (SSSR count). The van der Waals surface area contributed by atoms with Crippen molar-refractivity contribution >= 4 is 11.8 Å². The first-order chi connectivity index (χ1) is 7.49. The van der Waals surface area contributed by atoms with Crippen molar-refractivity contribution in [1.82, 2.24) is 0 Å². The summed E-state index contributed by atoms with van der Waals surface area (Å²) in [7, 11) is 0. The first kappa shape index (κ1) is 12.6. The Kier molecular flexibility index (Phi) is 3.23. The maximum Gasteiger partial charge on any atom is 0.0977 e. The van der Waals surface area contributed by atoms with E-state index in [1.165, 1.54) is 0 Å². The summed E-state index contributed by atoms with van der Waals surface area (Å²) in [5, 5.41) is 10.4. The van der Waals surface area contributed by atoms with Crippen molar-refractivity contribution in [2.75, 3.05) is 24.9 Å². The van der Waals surface area contributed by atoms with E-state index in [2.05, 4.69) is 0 Å². The van der Waals surface area contributed by atoms with E-state index in [1.807, 2.05) is 11.8 Å². The Balaban J connectivity index is 2.05. The van der Waals surface area contributed by atoms with E-state index >= 15 is 0 Å². The van der Waals surface area contributed by atoms with Gasteiger partial charge in [-0.1, -0.05) is 0 Å². The van der Waals surface area contributed by atoms with Crippen molar-refractivity contribution in [3.63, 3.8) is 0 Å². The van der Waals surface area contributed by atoms with Crippen LogP contribution in [0.15, 0.2) is 0 Å². The molecule has 0 aromatic carbocycles. The van der Waals surface area contributed by atoms with Crippen LogP contribution in [0, 0.1) is 5.41 Å². The summed E-state index contributed by atoms with van der Waals surface area (Å²) in [5.41, 5.74) is 3.59. The number of halogens is 2. The highest BCUT2D eigenvalue weighted by atomic mass is 32.2. The minimum absolute atomic E-state index is 0.175. The van der Waals surface area contributed by atoms with Crippen LogP contribution in [0.25, 0.3) is 0 Å². The fourth-order valence-electron chi connectivity index (χ4n) is 2.97. The molecule has 0 aromatic rings. The van der Waals surface area contributed by atoms with Crippen LogP contribution < -0.4 is 5.73 Å². The topological polar surface area (TPSA) is 46.2 Å². The van der Waals surface area contributed by atoms with Crippen LogP contribution >= 0.6 is 11.8 Å². The van der Waals surface area contributed by atoms with E-state index in [1.54, 1.807) is 0 Å². The molecule has 0 amide bonds. The second-order valence-electron chi connectivity index (χ2n) is 5.42.